The van der Waals surface area contributed by atoms with Crippen molar-refractivity contribution in [1.29, 1.82) is 0 Å². The molecule has 0 aliphatic rings. The second-order valence-electron chi connectivity index (χ2n) is 6.88. The zero-order valence-corrected chi connectivity index (χ0v) is 15.4. The molecule has 0 aliphatic heterocycles. The Morgan fingerprint density at radius 3 is 2.07 bits per heavy atom. The van der Waals surface area contributed by atoms with Gasteiger partial charge in [-0.2, -0.15) is 13.2 Å². The summed E-state index contributed by atoms with van der Waals surface area (Å²) in [5, 5.41) is 0. The van der Waals surface area contributed by atoms with Crippen LogP contribution in [0.4, 0.5) is 29.3 Å². The van der Waals surface area contributed by atoms with Crippen LogP contribution in [0.25, 0.3) is 0 Å². The molecular weight excluding hydrogens is 361 g/mol. The molecule has 0 heterocycles. The van der Waals surface area contributed by atoms with Crippen LogP contribution in [0.1, 0.15) is 26.3 Å². The number of hydrogen-bond acceptors (Lipinski definition) is 4. The molecule has 1 amide bonds. The van der Waals surface area contributed by atoms with Crippen molar-refractivity contribution in [2.75, 3.05) is 17.7 Å². The number of rotatable bonds is 3. The molecule has 5 nitrogen and oxygen atoms in total. The smallest absolute Gasteiger partial charge is 0.416 e. The number of benzene rings is 2. The Kier molecular flexibility index (Phi) is 5.58. The first-order chi connectivity index (χ1) is 12.4. The van der Waals surface area contributed by atoms with E-state index in [1.165, 1.54) is 36.2 Å². The third-order valence-electron chi connectivity index (χ3n) is 3.45. The molecule has 27 heavy (non-hydrogen) atoms. The van der Waals surface area contributed by atoms with Gasteiger partial charge in [0, 0.05) is 13.1 Å². The van der Waals surface area contributed by atoms with E-state index < -0.39 is 23.4 Å². The number of nitrogen functional groups attached to an aromatic ring is 1. The number of halogens is 3. The Labute approximate surface area is 155 Å². The summed E-state index contributed by atoms with van der Waals surface area (Å²) in [4.78, 5) is 13.4. The van der Waals surface area contributed by atoms with Gasteiger partial charge in [-0.1, -0.05) is 0 Å². The monoisotopic (exact) mass is 382 g/mol. The molecule has 146 valence electrons. The van der Waals surface area contributed by atoms with Crippen LogP contribution in [-0.4, -0.2) is 18.7 Å². The maximum atomic E-state index is 12.6. The van der Waals surface area contributed by atoms with Gasteiger partial charge in [0.25, 0.3) is 0 Å². The molecule has 0 aliphatic carbocycles. The van der Waals surface area contributed by atoms with Crippen molar-refractivity contribution < 1.29 is 27.4 Å². The number of hydrogen-bond donors (Lipinski definition) is 1. The largest absolute Gasteiger partial charge is 0.457 e. The van der Waals surface area contributed by atoms with E-state index in [0.717, 1.165) is 12.1 Å². The second-order valence-corrected chi connectivity index (χ2v) is 6.88. The standard InChI is InChI=1S/C19H21F3N2O3/c1-18(2,3)27-17(25)24(4)16-11-14(9-10-15(16)23)26-13-7-5-12(6-8-13)19(20,21)22/h5-11H,23H2,1-4H3. The molecule has 0 spiro atoms. The SMILES string of the molecule is CN(C(=O)OC(C)(C)C)c1cc(Oc2ccc(C(F)(F)F)cc2)ccc1N. The minimum Gasteiger partial charge on any atom is -0.457 e. The van der Waals surface area contributed by atoms with Gasteiger partial charge in [-0.15, -0.1) is 0 Å². The lowest BCUT2D eigenvalue weighted by Gasteiger charge is -2.25. The minimum atomic E-state index is -4.41. The summed E-state index contributed by atoms with van der Waals surface area (Å²) in [6, 6.07) is 8.90. The zero-order chi connectivity index (χ0) is 20.4. The lowest BCUT2D eigenvalue weighted by atomic mass is 10.2. The summed E-state index contributed by atoms with van der Waals surface area (Å²) in [5.41, 5.74) is 5.16. The van der Waals surface area contributed by atoms with Gasteiger partial charge in [0.1, 0.15) is 17.1 Å². The van der Waals surface area contributed by atoms with Crippen LogP contribution >= 0.6 is 0 Å². The van der Waals surface area contributed by atoms with Crippen LogP contribution in [0.5, 0.6) is 11.5 Å². The van der Waals surface area contributed by atoms with E-state index in [4.69, 9.17) is 15.2 Å². The summed E-state index contributed by atoms with van der Waals surface area (Å²) >= 11 is 0. The molecule has 0 atom stereocenters. The Balaban J connectivity index is 2.20. The highest BCUT2D eigenvalue weighted by atomic mass is 19.4. The number of carbonyl (C=O) groups excluding carboxylic acids is 1. The molecule has 2 aromatic carbocycles. The molecule has 0 saturated heterocycles. The number of alkyl halides is 3. The van der Waals surface area contributed by atoms with Crippen LogP contribution in [0.2, 0.25) is 0 Å². The van der Waals surface area contributed by atoms with E-state index in [-0.39, 0.29) is 5.75 Å². The maximum absolute atomic E-state index is 12.6. The van der Waals surface area contributed by atoms with Crippen LogP contribution in [0.15, 0.2) is 42.5 Å². The summed E-state index contributed by atoms with van der Waals surface area (Å²) in [6.45, 7) is 5.23. The topological polar surface area (TPSA) is 64.8 Å². The summed E-state index contributed by atoms with van der Waals surface area (Å²) in [5.74, 6) is 0.535. The average Bonchev–Trinajstić information content (AvgIpc) is 2.54. The maximum Gasteiger partial charge on any atom is 0.416 e. The van der Waals surface area contributed by atoms with Crippen molar-refractivity contribution in [2.45, 2.75) is 32.5 Å². The quantitative estimate of drug-likeness (QED) is 0.717. The predicted octanol–water partition coefficient (Wildman–Crippen LogP) is 5.45. The highest BCUT2D eigenvalue weighted by molar-refractivity contribution is 5.91. The van der Waals surface area contributed by atoms with Crippen LogP contribution in [0, 0.1) is 0 Å². The number of nitrogens with zero attached hydrogens (tertiary/aromatic N) is 1. The fourth-order valence-corrected chi connectivity index (χ4v) is 2.15. The van der Waals surface area contributed by atoms with Crippen LogP contribution < -0.4 is 15.4 Å². The number of carbonyl (C=O) groups is 1. The third-order valence-corrected chi connectivity index (χ3v) is 3.45. The predicted molar refractivity (Wildman–Crippen MR) is 97.0 cm³/mol. The van der Waals surface area contributed by atoms with Gasteiger partial charge in [-0.05, 0) is 57.2 Å². The van der Waals surface area contributed by atoms with Crippen LogP contribution in [-0.2, 0) is 10.9 Å². The van der Waals surface area contributed by atoms with E-state index in [1.807, 2.05) is 0 Å². The fraction of sp³-hybridized carbons (Fsp3) is 0.316. The number of nitrogens with two attached hydrogens (primary N) is 1. The first-order valence-corrected chi connectivity index (χ1v) is 8.08. The molecule has 0 bridgehead atoms. The van der Waals surface area contributed by atoms with Gasteiger partial charge in [0.15, 0.2) is 0 Å². The molecule has 2 N–H and O–H groups in total. The minimum absolute atomic E-state index is 0.221. The lowest BCUT2D eigenvalue weighted by Crippen LogP contribution is -2.34. The van der Waals surface area contributed by atoms with Gasteiger partial charge in [-0.25, -0.2) is 4.79 Å². The van der Waals surface area contributed by atoms with Gasteiger partial charge in [0.05, 0.1) is 16.9 Å². The zero-order valence-electron chi connectivity index (χ0n) is 15.4. The number of ether oxygens (including phenoxy) is 2. The Hall–Kier alpha value is -2.90. The van der Waals surface area contributed by atoms with Crippen molar-refractivity contribution in [3.05, 3.63) is 48.0 Å². The van der Waals surface area contributed by atoms with Crippen molar-refractivity contribution in [3.63, 3.8) is 0 Å². The Morgan fingerprint density at radius 1 is 1.00 bits per heavy atom. The molecule has 2 aromatic rings. The third kappa shape index (κ3) is 5.54. The van der Waals surface area contributed by atoms with E-state index >= 15 is 0 Å². The molecule has 2 rings (SSSR count). The summed E-state index contributed by atoms with van der Waals surface area (Å²) in [6.07, 6.45) is -5.01. The van der Waals surface area contributed by atoms with E-state index in [9.17, 15) is 18.0 Å². The molecule has 0 unspecified atom stereocenters. The molecule has 8 heteroatoms. The number of anilines is 2. The van der Waals surface area contributed by atoms with Gasteiger partial charge in [0.2, 0.25) is 0 Å². The first kappa shape index (κ1) is 20.4. The van der Waals surface area contributed by atoms with Crippen molar-refractivity contribution in [3.8, 4) is 11.5 Å². The second kappa shape index (κ2) is 7.38. The summed E-state index contributed by atoms with van der Waals surface area (Å²) < 4.78 is 48.7. The molecule has 0 fully saturated rings. The molecule has 0 saturated carbocycles. The van der Waals surface area contributed by atoms with E-state index in [0.29, 0.717) is 17.1 Å². The van der Waals surface area contributed by atoms with Crippen molar-refractivity contribution in [1.82, 2.24) is 0 Å². The summed E-state index contributed by atoms with van der Waals surface area (Å²) in [7, 11) is 1.50. The van der Waals surface area contributed by atoms with Crippen molar-refractivity contribution >= 4 is 17.5 Å². The van der Waals surface area contributed by atoms with E-state index in [2.05, 4.69) is 0 Å². The van der Waals surface area contributed by atoms with Gasteiger partial charge < -0.3 is 15.2 Å². The Morgan fingerprint density at radius 2 is 1.56 bits per heavy atom. The fourth-order valence-electron chi connectivity index (χ4n) is 2.15. The highest BCUT2D eigenvalue weighted by Crippen LogP contribution is 2.33. The van der Waals surface area contributed by atoms with Crippen molar-refractivity contribution in [2.24, 2.45) is 0 Å². The average molecular weight is 382 g/mol. The molecule has 0 aromatic heterocycles. The highest BCUT2D eigenvalue weighted by Gasteiger charge is 2.30. The van der Waals surface area contributed by atoms with Crippen LogP contribution in [0.3, 0.4) is 0 Å². The first-order valence-electron chi connectivity index (χ1n) is 8.08. The lowest BCUT2D eigenvalue weighted by molar-refractivity contribution is -0.137. The van der Waals surface area contributed by atoms with Gasteiger partial charge >= 0.3 is 12.3 Å². The molecular formula is C19H21F3N2O3. The molecule has 0 radical (unpaired) electrons. The normalized spacial score (nSPS) is 11.8. The number of amides is 1. The van der Waals surface area contributed by atoms with E-state index in [1.54, 1.807) is 26.8 Å². The Bertz CT molecular complexity index is 812. The van der Waals surface area contributed by atoms with Gasteiger partial charge in [-0.3, -0.25) is 4.90 Å².